The Morgan fingerprint density at radius 3 is 2.95 bits per heavy atom. The van der Waals surface area contributed by atoms with Gasteiger partial charge >= 0.3 is 0 Å². The molecule has 0 bridgehead atoms. The Hall–Kier alpha value is -1.07. The van der Waals surface area contributed by atoms with Crippen LogP contribution in [-0.2, 0) is 6.54 Å². The molecule has 0 amide bonds. The molecule has 1 aromatic rings. The Morgan fingerprint density at radius 2 is 2.32 bits per heavy atom. The summed E-state index contributed by atoms with van der Waals surface area (Å²) >= 11 is 6.21. The van der Waals surface area contributed by atoms with Gasteiger partial charge in [-0.15, -0.1) is 0 Å². The standard InChI is InChI=1S/C13H21ClN4O/c1-9(2)7-18-13(19)12(14)11(6-16-18)17-5-3-4-10(15)8-17/h6,9-10H,3-5,7-8,15H2,1-2H3/t10-/m1/s1. The van der Waals surface area contributed by atoms with E-state index in [0.717, 1.165) is 25.9 Å². The zero-order valence-electron chi connectivity index (χ0n) is 11.5. The zero-order valence-corrected chi connectivity index (χ0v) is 12.2. The van der Waals surface area contributed by atoms with E-state index in [4.69, 9.17) is 17.3 Å². The summed E-state index contributed by atoms with van der Waals surface area (Å²) in [6.07, 6.45) is 3.72. The maximum absolute atomic E-state index is 12.2. The van der Waals surface area contributed by atoms with Crippen molar-refractivity contribution in [3.8, 4) is 0 Å². The molecule has 0 radical (unpaired) electrons. The van der Waals surface area contributed by atoms with Gasteiger partial charge in [-0.05, 0) is 18.8 Å². The number of nitrogens with zero attached hydrogens (tertiary/aromatic N) is 3. The summed E-state index contributed by atoms with van der Waals surface area (Å²) in [6.45, 7) is 6.27. The monoisotopic (exact) mass is 284 g/mol. The van der Waals surface area contributed by atoms with Crippen molar-refractivity contribution in [3.63, 3.8) is 0 Å². The van der Waals surface area contributed by atoms with Gasteiger partial charge in [0.15, 0.2) is 0 Å². The Kier molecular flexibility index (Phi) is 4.47. The summed E-state index contributed by atoms with van der Waals surface area (Å²) in [6, 6.07) is 0.142. The smallest absolute Gasteiger partial charge is 0.287 e. The Balaban J connectivity index is 2.28. The average Bonchev–Trinajstić information content (AvgIpc) is 2.35. The molecule has 0 aromatic carbocycles. The third-order valence-electron chi connectivity index (χ3n) is 3.30. The van der Waals surface area contributed by atoms with Crippen LogP contribution in [0.2, 0.25) is 5.02 Å². The molecular formula is C13H21ClN4O. The molecule has 1 aliphatic rings. The summed E-state index contributed by atoms with van der Waals surface area (Å²) < 4.78 is 1.43. The van der Waals surface area contributed by atoms with E-state index < -0.39 is 0 Å². The number of anilines is 1. The fourth-order valence-electron chi connectivity index (χ4n) is 2.38. The first-order valence-corrected chi connectivity index (χ1v) is 7.13. The fourth-order valence-corrected chi connectivity index (χ4v) is 2.65. The summed E-state index contributed by atoms with van der Waals surface area (Å²) in [5.41, 5.74) is 6.45. The molecule has 0 spiro atoms. The van der Waals surface area contributed by atoms with Crippen molar-refractivity contribution in [1.82, 2.24) is 9.78 Å². The first-order chi connectivity index (χ1) is 8.99. The molecule has 2 heterocycles. The van der Waals surface area contributed by atoms with Crippen molar-refractivity contribution < 1.29 is 0 Å². The van der Waals surface area contributed by atoms with Crippen molar-refractivity contribution in [2.45, 2.75) is 39.3 Å². The van der Waals surface area contributed by atoms with Gasteiger partial charge in [0.25, 0.3) is 5.56 Å². The minimum Gasteiger partial charge on any atom is -0.367 e. The second-order valence-electron chi connectivity index (χ2n) is 5.57. The summed E-state index contributed by atoms with van der Waals surface area (Å²) in [4.78, 5) is 14.2. The van der Waals surface area contributed by atoms with Crippen LogP contribution in [0.4, 0.5) is 5.69 Å². The van der Waals surface area contributed by atoms with E-state index in [1.807, 2.05) is 13.8 Å². The lowest BCUT2D eigenvalue weighted by Crippen LogP contribution is -2.43. The molecule has 106 valence electrons. The molecule has 0 aliphatic carbocycles. The van der Waals surface area contributed by atoms with Crippen molar-refractivity contribution >= 4 is 17.3 Å². The average molecular weight is 285 g/mol. The molecule has 1 saturated heterocycles. The highest BCUT2D eigenvalue weighted by molar-refractivity contribution is 6.33. The van der Waals surface area contributed by atoms with Gasteiger partial charge in [0, 0.05) is 25.7 Å². The highest BCUT2D eigenvalue weighted by Gasteiger charge is 2.21. The highest BCUT2D eigenvalue weighted by Crippen LogP contribution is 2.24. The number of piperidine rings is 1. The van der Waals surface area contributed by atoms with E-state index in [9.17, 15) is 4.79 Å². The molecule has 1 atom stereocenters. The van der Waals surface area contributed by atoms with Crippen LogP contribution >= 0.6 is 11.6 Å². The van der Waals surface area contributed by atoms with E-state index in [0.29, 0.717) is 18.2 Å². The summed E-state index contributed by atoms with van der Waals surface area (Å²) in [7, 11) is 0. The highest BCUT2D eigenvalue weighted by atomic mass is 35.5. The number of rotatable bonds is 3. The normalized spacial score (nSPS) is 20.1. The Labute approximate surface area is 118 Å². The van der Waals surface area contributed by atoms with E-state index in [1.54, 1.807) is 6.20 Å². The van der Waals surface area contributed by atoms with Gasteiger partial charge in [0.05, 0.1) is 11.9 Å². The van der Waals surface area contributed by atoms with Gasteiger partial charge in [0.1, 0.15) is 5.02 Å². The Morgan fingerprint density at radius 1 is 1.58 bits per heavy atom. The first-order valence-electron chi connectivity index (χ1n) is 6.75. The second kappa shape index (κ2) is 5.92. The molecular weight excluding hydrogens is 264 g/mol. The molecule has 1 aromatic heterocycles. The maximum Gasteiger partial charge on any atom is 0.287 e. The van der Waals surface area contributed by atoms with Gasteiger partial charge in [-0.1, -0.05) is 25.4 Å². The van der Waals surface area contributed by atoms with E-state index in [2.05, 4.69) is 10.00 Å². The fraction of sp³-hybridized carbons (Fsp3) is 0.692. The third kappa shape index (κ3) is 3.28. The van der Waals surface area contributed by atoms with Crippen LogP contribution in [0.3, 0.4) is 0 Å². The van der Waals surface area contributed by atoms with Crippen LogP contribution in [0.15, 0.2) is 11.0 Å². The molecule has 0 unspecified atom stereocenters. The maximum atomic E-state index is 12.2. The molecule has 1 fully saturated rings. The van der Waals surface area contributed by atoms with Gasteiger partial charge in [-0.2, -0.15) is 5.10 Å². The predicted octanol–water partition coefficient (Wildman–Crippen LogP) is 1.48. The summed E-state index contributed by atoms with van der Waals surface area (Å²) in [5, 5.41) is 4.47. The molecule has 0 saturated carbocycles. The van der Waals surface area contributed by atoms with Crippen molar-refractivity contribution in [2.24, 2.45) is 11.7 Å². The second-order valence-corrected chi connectivity index (χ2v) is 5.95. The summed E-state index contributed by atoms with van der Waals surface area (Å²) in [5.74, 6) is 0.357. The number of hydrogen-bond acceptors (Lipinski definition) is 4. The SMILES string of the molecule is CC(C)Cn1ncc(N2CCC[C@@H](N)C2)c(Cl)c1=O. The van der Waals surface area contributed by atoms with Crippen LogP contribution in [0.5, 0.6) is 0 Å². The van der Waals surface area contributed by atoms with Crippen LogP contribution in [0.25, 0.3) is 0 Å². The lowest BCUT2D eigenvalue weighted by Gasteiger charge is -2.32. The zero-order chi connectivity index (χ0) is 14.0. The van der Waals surface area contributed by atoms with Gasteiger partial charge < -0.3 is 10.6 Å². The van der Waals surface area contributed by atoms with Crippen LogP contribution in [-0.4, -0.2) is 28.9 Å². The third-order valence-corrected chi connectivity index (χ3v) is 3.66. The lowest BCUT2D eigenvalue weighted by atomic mass is 10.1. The number of nitrogens with two attached hydrogens (primary N) is 1. The van der Waals surface area contributed by atoms with E-state index in [-0.39, 0.29) is 16.6 Å². The minimum absolute atomic E-state index is 0.142. The molecule has 2 rings (SSSR count). The van der Waals surface area contributed by atoms with Crippen LogP contribution in [0, 0.1) is 5.92 Å². The molecule has 6 heteroatoms. The number of hydrogen-bond donors (Lipinski definition) is 1. The minimum atomic E-state index is -0.216. The van der Waals surface area contributed by atoms with Crippen LogP contribution < -0.4 is 16.2 Å². The van der Waals surface area contributed by atoms with E-state index in [1.165, 1.54) is 4.68 Å². The molecule has 2 N–H and O–H groups in total. The quantitative estimate of drug-likeness (QED) is 0.913. The topological polar surface area (TPSA) is 64.2 Å². The van der Waals surface area contributed by atoms with E-state index >= 15 is 0 Å². The van der Waals surface area contributed by atoms with Gasteiger partial charge in [-0.3, -0.25) is 4.79 Å². The molecule has 1 aliphatic heterocycles. The predicted molar refractivity (Wildman–Crippen MR) is 77.8 cm³/mol. The van der Waals surface area contributed by atoms with Gasteiger partial charge in [-0.25, -0.2) is 4.68 Å². The van der Waals surface area contributed by atoms with Crippen molar-refractivity contribution in [1.29, 1.82) is 0 Å². The lowest BCUT2D eigenvalue weighted by molar-refractivity contribution is 0.461. The van der Waals surface area contributed by atoms with Crippen molar-refractivity contribution in [3.05, 3.63) is 21.6 Å². The van der Waals surface area contributed by atoms with Crippen LogP contribution in [0.1, 0.15) is 26.7 Å². The first kappa shape index (κ1) is 14.3. The molecule has 5 nitrogen and oxygen atoms in total. The van der Waals surface area contributed by atoms with Crippen molar-refractivity contribution in [2.75, 3.05) is 18.0 Å². The van der Waals surface area contributed by atoms with Gasteiger partial charge in [0.2, 0.25) is 0 Å². The number of halogens is 1. The number of aromatic nitrogens is 2. The molecule has 19 heavy (non-hydrogen) atoms. The largest absolute Gasteiger partial charge is 0.367 e. The Bertz CT molecular complexity index is 500.